The summed E-state index contributed by atoms with van der Waals surface area (Å²) in [6.07, 6.45) is 3.08. The summed E-state index contributed by atoms with van der Waals surface area (Å²) in [6.45, 7) is 0. The van der Waals surface area contributed by atoms with Crippen LogP contribution in [0.2, 0.25) is 5.15 Å². The Kier molecular flexibility index (Phi) is 6.01. The van der Waals surface area contributed by atoms with Crippen LogP contribution in [-0.2, 0) is 16.3 Å². The molecule has 0 spiro atoms. The van der Waals surface area contributed by atoms with Crippen LogP contribution in [0.25, 0.3) is 0 Å². The maximum atomic E-state index is 14.4. The zero-order valence-electron chi connectivity index (χ0n) is 14.5. The predicted octanol–water partition coefficient (Wildman–Crippen LogP) is 3.54. The molecule has 0 saturated heterocycles. The van der Waals surface area contributed by atoms with Crippen molar-refractivity contribution in [3.63, 3.8) is 0 Å². The van der Waals surface area contributed by atoms with E-state index in [2.05, 4.69) is 15.3 Å². The van der Waals surface area contributed by atoms with Crippen LogP contribution in [-0.4, -0.2) is 30.0 Å². The maximum Gasteiger partial charge on any atom is 0.255 e. The molecule has 0 aliphatic rings. The van der Waals surface area contributed by atoms with Gasteiger partial charge in [0.15, 0.2) is 9.84 Å². The molecule has 28 heavy (non-hydrogen) atoms. The minimum atomic E-state index is -3.87. The Bertz CT molecular complexity index is 1090. The van der Waals surface area contributed by atoms with Gasteiger partial charge in [0.2, 0.25) is 0 Å². The molecule has 0 aliphatic carbocycles. The zero-order chi connectivity index (χ0) is 20.1. The van der Waals surface area contributed by atoms with Crippen molar-refractivity contribution >= 4 is 33.0 Å². The number of nitrogens with one attached hydrogen (secondary N) is 1. The lowest BCUT2D eigenvalue weighted by atomic mass is 10.2. The molecule has 9 heteroatoms. The number of rotatable bonds is 6. The van der Waals surface area contributed by atoms with Gasteiger partial charge in [0, 0.05) is 23.9 Å². The van der Waals surface area contributed by atoms with Crippen molar-refractivity contribution in [2.24, 2.45) is 0 Å². The molecular weight excluding hydrogens is 405 g/mol. The van der Waals surface area contributed by atoms with Gasteiger partial charge in [-0.25, -0.2) is 17.8 Å². The number of hydrogen-bond acceptors (Lipinski definition) is 5. The molecule has 0 unspecified atom stereocenters. The highest BCUT2D eigenvalue weighted by molar-refractivity contribution is 7.91. The van der Waals surface area contributed by atoms with Gasteiger partial charge in [-0.1, -0.05) is 17.7 Å². The number of anilines is 1. The third kappa shape index (κ3) is 4.90. The van der Waals surface area contributed by atoms with Crippen molar-refractivity contribution in [3.8, 4) is 0 Å². The van der Waals surface area contributed by atoms with Crippen molar-refractivity contribution in [2.45, 2.75) is 11.3 Å². The first-order valence-electron chi connectivity index (χ1n) is 8.20. The summed E-state index contributed by atoms with van der Waals surface area (Å²) in [7, 11) is -3.87. The van der Waals surface area contributed by atoms with E-state index in [-0.39, 0.29) is 22.9 Å². The lowest BCUT2D eigenvalue weighted by Crippen LogP contribution is -2.15. The molecule has 0 aliphatic heterocycles. The van der Waals surface area contributed by atoms with Crippen LogP contribution in [0, 0.1) is 5.82 Å². The number of sulfone groups is 1. The van der Waals surface area contributed by atoms with Crippen LogP contribution in [0.5, 0.6) is 0 Å². The monoisotopic (exact) mass is 419 g/mol. The molecule has 1 aromatic carbocycles. The molecule has 3 aromatic rings. The van der Waals surface area contributed by atoms with Crippen molar-refractivity contribution in [1.82, 2.24) is 9.97 Å². The topological polar surface area (TPSA) is 89.0 Å². The van der Waals surface area contributed by atoms with Crippen LogP contribution >= 0.6 is 11.6 Å². The fourth-order valence-electron chi connectivity index (χ4n) is 2.44. The molecule has 1 amide bonds. The second-order valence-corrected chi connectivity index (χ2v) is 8.32. The summed E-state index contributed by atoms with van der Waals surface area (Å²) in [5.74, 6) is -1.87. The van der Waals surface area contributed by atoms with E-state index >= 15 is 0 Å². The van der Waals surface area contributed by atoms with E-state index in [1.807, 2.05) is 0 Å². The number of aryl methyl sites for hydroxylation is 1. The van der Waals surface area contributed by atoms with Crippen LogP contribution in [0.3, 0.4) is 0 Å². The lowest BCUT2D eigenvalue weighted by molar-refractivity contribution is 0.102. The highest BCUT2D eigenvalue weighted by Crippen LogP contribution is 2.19. The van der Waals surface area contributed by atoms with Gasteiger partial charge in [0.25, 0.3) is 5.91 Å². The molecule has 2 heterocycles. The number of pyridine rings is 2. The van der Waals surface area contributed by atoms with Gasteiger partial charge in [-0.3, -0.25) is 9.78 Å². The summed E-state index contributed by atoms with van der Waals surface area (Å²) < 4.78 is 39.3. The van der Waals surface area contributed by atoms with Crippen molar-refractivity contribution in [1.29, 1.82) is 0 Å². The first-order valence-corrected chi connectivity index (χ1v) is 10.2. The van der Waals surface area contributed by atoms with Crippen molar-refractivity contribution < 1.29 is 17.6 Å². The van der Waals surface area contributed by atoms with E-state index in [4.69, 9.17) is 11.6 Å². The number of carbonyl (C=O) groups excluding carboxylic acids is 1. The van der Waals surface area contributed by atoms with Crippen LogP contribution in [0.15, 0.2) is 65.8 Å². The average molecular weight is 420 g/mol. The number of nitrogens with zero attached hydrogens (tertiary/aromatic N) is 2. The van der Waals surface area contributed by atoms with Gasteiger partial charge < -0.3 is 5.32 Å². The quantitative estimate of drug-likeness (QED) is 0.617. The first-order chi connectivity index (χ1) is 13.3. The number of hydrogen-bond donors (Lipinski definition) is 1. The molecule has 0 bridgehead atoms. The number of aromatic nitrogens is 2. The summed E-state index contributed by atoms with van der Waals surface area (Å²) in [5, 5.41) is 2.80. The van der Waals surface area contributed by atoms with E-state index in [9.17, 15) is 17.6 Å². The van der Waals surface area contributed by atoms with Crippen LogP contribution in [0.1, 0.15) is 16.1 Å². The van der Waals surface area contributed by atoms with Crippen LogP contribution < -0.4 is 5.32 Å². The van der Waals surface area contributed by atoms with Crippen LogP contribution in [0.4, 0.5) is 10.1 Å². The normalized spacial score (nSPS) is 11.2. The Labute approximate surface area is 166 Å². The van der Waals surface area contributed by atoms with E-state index < -0.39 is 26.5 Å². The molecule has 3 rings (SSSR count). The van der Waals surface area contributed by atoms with E-state index in [1.165, 1.54) is 18.3 Å². The number of benzene rings is 1. The lowest BCUT2D eigenvalue weighted by Gasteiger charge is -2.08. The predicted molar refractivity (Wildman–Crippen MR) is 104 cm³/mol. The fourth-order valence-corrected chi connectivity index (χ4v) is 3.88. The van der Waals surface area contributed by atoms with Gasteiger partial charge in [-0.05, 0) is 42.5 Å². The molecule has 6 nitrogen and oxygen atoms in total. The molecule has 1 N–H and O–H groups in total. The minimum absolute atomic E-state index is 0.0175. The highest BCUT2D eigenvalue weighted by Gasteiger charge is 2.21. The Morgan fingerprint density at radius 3 is 2.57 bits per heavy atom. The minimum Gasteiger partial charge on any atom is -0.321 e. The molecule has 2 aromatic heterocycles. The van der Waals surface area contributed by atoms with E-state index in [0.717, 1.165) is 12.1 Å². The third-order valence-corrected chi connectivity index (χ3v) is 5.83. The Morgan fingerprint density at radius 1 is 1.11 bits per heavy atom. The SMILES string of the molecule is O=C(Nc1ccc(Cl)nc1)c1ccc(S(=O)(=O)CCc2ccccn2)c(F)c1. The fraction of sp³-hybridized carbons (Fsp3) is 0.105. The summed E-state index contributed by atoms with van der Waals surface area (Å²) in [5.41, 5.74) is 0.956. The standard InChI is InChI=1S/C19H15ClFN3O3S/c20-18-7-5-15(12-23-18)24-19(25)13-4-6-17(16(21)11-13)28(26,27)10-8-14-3-1-2-9-22-14/h1-7,9,11-12H,8,10H2,(H,24,25). The Balaban J connectivity index is 1.73. The first kappa shape index (κ1) is 19.9. The summed E-state index contributed by atoms with van der Waals surface area (Å²) in [6, 6.07) is 11.5. The summed E-state index contributed by atoms with van der Waals surface area (Å²) in [4.78, 5) is 19.7. The molecular formula is C19H15ClFN3O3S. The van der Waals surface area contributed by atoms with E-state index in [0.29, 0.717) is 11.4 Å². The highest BCUT2D eigenvalue weighted by atomic mass is 35.5. The molecule has 0 saturated carbocycles. The Morgan fingerprint density at radius 2 is 1.93 bits per heavy atom. The second-order valence-electron chi connectivity index (χ2n) is 5.86. The smallest absolute Gasteiger partial charge is 0.255 e. The molecule has 0 fully saturated rings. The van der Waals surface area contributed by atoms with Gasteiger partial charge >= 0.3 is 0 Å². The number of amides is 1. The van der Waals surface area contributed by atoms with Gasteiger partial charge in [-0.15, -0.1) is 0 Å². The number of halogens is 2. The van der Waals surface area contributed by atoms with E-state index in [1.54, 1.807) is 30.5 Å². The Hall–Kier alpha value is -2.84. The van der Waals surface area contributed by atoms with Gasteiger partial charge in [0.05, 0.1) is 17.6 Å². The van der Waals surface area contributed by atoms with Gasteiger partial charge in [-0.2, -0.15) is 0 Å². The van der Waals surface area contributed by atoms with Gasteiger partial charge in [0.1, 0.15) is 15.9 Å². The molecule has 0 atom stereocenters. The van der Waals surface area contributed by atoms with Crippen molar-refractivity contribution in [3.05, 3.63) is 83.2 Å². The molecule has 144 valence electrons. The average Bonchev–Trinajstić information content (AvgIpc) is 2.69. The maximum absolute atomic E-state index is 14.4. The zero-order valence-corrected chi connectivity index (χ0v) is 16.0. The largest absolute Gasteiger partial charge is 0.321 e. The second kappa shape index (κ2) is 8.45. The third-order valence-electron chi connectivity index (χ3n) is 3.87. The van der Waals surface area contributed by atoms with Crippen molar-refractivity contribution in [2.75, 3.05) is 11.1 Å². The summed E-state index contributed by atoms with van der Waals surface area (Å²) >= 11 is 5.68. The molecule has 0 radical (unpaired) electrons. The number of carbonyl (C=O) groups is 1.